The SMILES string of the molecule is COCCN1CCOC[C@]2(C1)CN(C(=O)c1ccco1)CCO2. The topological polar surface area (TPSA) is 64.4 Å². The summed E-state index contributed by atoms with van der Waals surface area (Å²) in [5.74, 6) is 0.276. The minimum Gasteiger partial charge on any atom is -0.459 e. The molecule has 1 aromatic heterocycles. The Hall–Kier alpha value is -1.41. The quantitative estimate of drug-likeness (QED) is 0.802. The molecule has 0 aromatic carbocycles. The van der Waals surface area contributed by atoms with E-state index in [0.717, 1.165) is 19.6 Å². The lowest BCUT2D eigenvalue weighted by Crippen LogP contribution is -2.60. The van der Waals surface area contributed by atoms with Gasteiger partial charge in [0.05, 0.1) is 39.2 Å². The van der Waals surface area contributed by atoms with Crippen LogP contribution in [0.1, 0.15) is 10.6 Å². The standard InChI is InChI=1S/C16H24N2O5/c1-20-8-4-17-5-9-21-13-16(11-17)12-18(6-10-23-16)15(19)14-3-2-7-22-14/h2-3,7H,4-6,8-13H2,1H3/t16-/m0/s1. The molecule has 1 spiro atoms. The molecular formula is C16H24N2O5. The van der Waals surface area contributed by atoms with Crippen molar-refractivity contribution in [1.82, 2.24) is 9.80 Å². The number of methoxy groups -OCH3 is 1. The third-order valence-electron chi connectivity index (χ3n) is 4.31. The van der Waals surface area contributed by atoms with Gasteiger partial charge >= 0.3 is 0 Å². The molecule has 7 heteroatoms. The first-order valence-electron chi connectivity index (χ1n) is 7.98. The van der Waals surface area contributed by atoms with Gasteiger partial charge in [0, 0.05) is 33.3 Å². The maximum atomic E-state index is 12.5. The van der Waals surface area contributed by atoms with Gasteiger partial charge in [-0.1, -0.05) is 0 Å². The highest BCUT2D eigenvalue weighted by atomic mass is 16.5. The Balaban J connectivity index is 1.68. The highest BCUT2D eigenvalue weighted by molar-refractivity contribution is 5.91. The summed E-state index contributed by atoms with van der Waals surface area (Å²) in [4.78, 5) is 16.6. The van der Waals surface area contributed by atoms with Crippen LogP contribution in [0.5, 0.6) is 0 Å². The fourth-order valence-corrected chi connectivity index (χ4v) is 3.15. The lowest BCUT2D eigenvalue weighted by molar-refractivity contribution is -0.133. The largest absolute Gasteiger partial charge is 0.459 e. The highest BCUT2D eigenvalue weighted by Crippen LogP contribution is 2.24. The first-order chi connectivity index (χ1) is 11.2. The van der Waals surface area contributed by atoms with Gasteiger partial charge in [-0.25, -0.2) is 0 Å². The van der Waals surface area contributed by atoms with Crippen molar-refractivity contribution in [2.45, 2.75) is 5.60 Å². The molecule has 2 fully saturated rings. The molecule has 0 radical (unpaired) electrons. The van der Waals surface area contributed by atoms with Gasteiger partial charge in [-0.3, -0.25) is 9.69 Å². The number of hydrogen-bond acceptors (Lipinski definition) is 6. The fraction of sp³-hybridized carbons (Fsp3) is 0.688. The summed E-state index contributed by atoms with van der Waals surface area (Å²) in [7, 11) is 1.70. The van der Waals surface area contributed by atoms with E-state index in [1.54, 1.807) is 24.1 Å². The van der Waals surface area contributed by atoms with Gasteiger partial charge in [0.1, 0.15) is 5.60 Å². The lowest BCUT2D eigenvalue weighted by Gasteiger charge is -2.43. The van der Waals surface area contributed by atoms with Crippen molar-refractivity contribution in [1.29, 1.82) is 0 Å². The van der Waals surface area contributed by atoms with Crippen LogP contribution in [0.4, 0.5) is 0 Å². The van der Waals surface area contributed by atoms with Crippen molar-refractivity contribution in [2.75, 3.05) is 66.3 Å². The predicted octanol–water partition coefficient (Wildman–Crippen LogP) is 0.469. The molecule has 1 aromatic rings. The molecule has 3 rings (SSSR count). The average Bonchev–Trinajstić information content (AvgIpc) is 3.03. The Kier molecular flexibility index (Phi) is 5.32. The second-order valence-electron chi connectivity index (χ2n) is 6.06. The minimum absolute atomic E-state index is 0.0923. The second-order valence-corrected chi connectivity index (χ2v) is 6.06. The molecule has 2 saturated heterocycles. The fourth-order valence-electron chi connectivity index (χ4n) is 3.15. The van der Waals surface area contributed by atoms with Gasteiger partial charge in [0.25, 0.3) is 5.91 Å². The summed E-state index contributed by atoms with van der Waals surface area (Å²) in [5.41, 5.74) is -0.481. The van der Waals surface area contributed by atoms with Crippen LogP contribution in [0.15, 0.2) is 22.8 Å². The Labute approximate surface area is 136 Å². The highest BCUT2D eigenvalue weighted by Gasteiger charge is 2.42. The summed E-state index contributed by atoms with van der Waals surface area (Å²) in [6, 6.07) is 3.42. The van der Waals surface area contributed by atoms with Gasteiger partial charge in [0.15, 0.2) is 5.76 Å². The van der Waals surface area contributed by atoms with E-state index < -0.39 is 5.60 Å². The third kappa shape index (κ3) is 3.92. The Morgan fingerprint density at radius 1 is 1.35 bits per heavy atom. The van der Waals surface area contributed by atoms with E-state index in [4.69, 9.17) is 18.6 Å². The molecule has 1 amide bonds. The zero-order chi connectivity index (χ0) is 16.1. The van der Waals surface area contributed by atoms with Crippen molar-refractivity contribution >= 4 is 5.91 Å². The van der Waals surface area contributed by atoms with E-state index in [9.17, 15) is 4.79 Å². The molecule has 0 unspecified atom stereocenters. The van der Waals surface area contributed by atoms with Crippen molar-refractivity contribution in [3.8, 4) is 0 Å². The van der Waals surface area contributed by atoms with Crippen LogP contribution in [0.25, 0.3) is 0 Å². The summed E-state index contributed by atoms with van der Waals surface area (Å²) < 4.78 is 22.2. The van der Waals surface area contributed by atoms with Crippen LogP contribution in [0.3, 0.4) is 0 Å². The number of rotatable bonds is 4. The van der Waals surface area contributed by atoms with Crippen LogP contribution in [0.2, 0.25) is 0 Å². The monoisotopic (exact) mass is 324 g/mol. The number of morpholine rings is 1. The molecule has 0 N–H and O–H groups in total. The van der Waals surface area contributed by atoms with Crippen molar-refractivity contribution < 1.29 is 23.4 Å². The summed E-state index contributed by atoms with van der Waals surface area (Å²) in [6.07, 6.45) is 1.52. The number of furan rings is 1. The van der Waals surface area contributed by atoms with E-state index >= 15 is 0 Å². The van der Waals surface area contributed by atoms with Crippen LogP contribution < -0.4 is 0 Å². The van der Waals surface area contributed by atoms with Crippen LogP contribution in [0, 0.1) is 0 Å². The van der Waals surface area contributed by atoms with Crippen molar-refractivity contribution in [3.63, 3.8) is 0 Å². The van der Waals surface area contributed by atoms with E-state index in [-0.39, 0.29) is 5.91 Å². The summed E-state index contributed by atoms with van der Waals surface area (Å²) in [5, 5.41) is 0. The maximum Gasteiger partial charge on any atom is 0.289 e. The van der Waals surface area contributed by atoms with E-state index in [1.807, 2.05) is 0 Å². The Bertz CT molecular complexity index is 507. The van der Waals surface area contributed by atoms with Gasteiger partial charge in [-0.2, -0.15) is 0 Å². The summed E-state index contributed by atoms with van der Waals surface area (Å²) >= 11 is 0. The number of carbonyl (C=O) groups is 1. The molecular weight excluding hydrogens is 300 g/mol. The Morgan fingerprint density at radius 3 is 3.04 bits per heavy atom. The second kappa shape index (κ2) is 7.44. The van der Waals surface area contributed by atoms with E-state index in [1.165, 1.54) is 6.26 Å². The van der Waals surface area contributed by atoms with E-state index in [0.29, 0.717) is 45.3 Å². The molecule has 2 aliphatic heterocycles. The average molecular weight is 324 g/mol. The third-order valence-corrected chi connectivity index (χ3v) is 4.31. The van der Waals surface area contributed by atoms with Gasteiger partial charge in [0.2, 0.25) is 0 Å². The van der Waals surface area contributed by atoms with Gasteiger partial charge in [-0.15, -0.1) is 0 Å². The molecule has 1 atom stereocenters. The summed E-state index contributed by atoms with van der Waals surface area (Å²) in [6.45, 7) is 5.84. The van der Waals surface area contributed by atoms with Crippen LogP contribution >= 0.6 is 0 Å². The first kappa shape index (κ1) is 16.4. The normalized spacial score (nSPS) is 26.4. The molecule has 23 heavy (non-hydrogen) atoms. The first-order valence-corrected chi connectivity index (χ1v) is 7.98. The number of amides is 1. The van der Waals surface area contributed by atoms with Crippen molar-refractivity contribution in [2.24, 2.45) is 0 Å². The molecule has 7 nitrogen and oxygen atoms in total. The van der Waals surface area contributed by atoms with Crippen LogP contribution in [-0.2, 0) is 14.2 Å². The van der Waals surface area contributed by atoms with Gasteiger partial charge in [-0.05, 0) is 12.1 Å². The maximum absolute atomic E-state index is 12.5. The molecule has 0 bridgehead atoms. The zero-order valence-corrected chi connectivity index (χ0v) is 13.5. The molecule has 2 aliphatic rings. The molecule has 3 heterocycles. The predicted molar refractivity (Wildman–Crippen MR) is 82.4 cm³/mol. The zero-order valence-electron chi connectivity index (χ0n) is 13.5. The molecule has 128 valence electrons. The van der Waals surface area contributed by atoms with Crippen LogP contribution in [-0.4, -0.2) is 87.6 Å². The lowest BCUT2D eigenvalue weighted by atomic mass is 10.0. The smallest absolute Gasteiger partial charge is 0.289 e. The number of ether oxygens (including phenoxy) is 3. The number of hydrogen-bond donors (Lipinski definition) is 0. The number of nitrogens with zero attached hydrogens (tertiary/aromatic N) is 2. The Morgan fingerprint density at radius 2 is 2.26 bits per heavy atom. The van der Waals surface area contributed by atoms with Crippen molar-refractivity contribution in [3.05, 3.63) is 24.2 Å². The number of carbonyl (C=O) groups excluding carboxylic acids is 1. The van der Waals surface area contributed by atoms with Gasteiger partial charge < -0.3 is 23.5 Å². The molecule has 0 saturated carbocycles. The minimum atomic E-state index is -0.481. The van der Waals surface area contributed by atoms with E-state index in [2.05, 4.69) is 4.90 Å². The molecule has 0 aliphatic carbocycles.